The van der Waals surface area contributed by atoms with Crippen LogP contribution in [-0.2, 0) is 24.2 Å². The zero-order chi connectivity index (χ0) is 20.5. The largest absolute Gasteiger partial charge is 0.298 e. The lowest BCUT2D eigenvalue weighted by Crippen LogP contribution is -2.33. The number of rotatable bonds is 6. The fourth-order valence-electron chi connectivity index (χ4n) is 3.65. The molecule has 1 aliphatic rings. The molecule has 0 spiro atoms. The predicted molar refractivity (Wildman–Crippen MR) is 119 cm³/mol. The summed E-state index contributed by atoms with van der Waals surface area (Å²) in [5.41, 5.74) is 2.03. The van der Waals surface area contributed by atoms with Crippen LogP contribution in [-0.4, -0.2) is 27.0 Å². The molecule has 0 atom stereocenters. The van der Waals surface area contributed by atoms with Gasteiger partial charge in [-0.1, -0.05) is 6.08 Å². The van der Waals surface area contributed by atoms with Crippen molar-refractivity contribution in [2.24, 2.45) is 0 Å². The number of anilines is 1. The molecule has 3 aromatic heterocycles. The maximum Gasteiger partial charge on any atom is 0.262 e. The van der Waals surface area contributed by atoms with Gasteiger partial charge >= 0.3 is 0 Å². The van der Waals surface area contributed by atoms with E-state index >= 15 is 0 Å². The maximum atomic E-state index is 13.0. The third-order valence-electron chi connectivity index (χ3n) is 5.40. The van der Waals surface area contributed by atoms with Gasteiger partial charge in [-0.05, 0) is 45.1 Å². The molecule has 0 unspecified atom stereocenters. The molecule has 152 valence electrons. The molecular formula is C21H24N4O2S2. The number of hydrogen-bond acceptors (Lipinski definition) is 6. The van der Waals surface area contributed by atoms with Crippen LogP contribution in [0.4, 0.5) is 5.13 Å². The molecule has 0 saturated carbocycles. The number of hydrogen-bond donors (Lipinski definition) is 0. The molecule has 0 bridgehead atoms. The topological polar surface area (TPSA) is 68.1 Å². The minimum absolute atomic E-state index is 0.0544. The van der Waals surface area contributed by atoms with E-state index in [2.05, 4.69) is 11.6 Å². The number of aromatic nitrogens is 3. The van der Waals surface area contributed by atoms with Crippen molar-refractivity contribution in [2.75, 3.05) is 11.4 Å². The second-order valence-corrected chi connectivity index (χ2v) is 9.59. The summed E-state index contributed by atoms with van der Waals surface area (Å²) in [4.78, 5) is 39.8. The Balaban J connectivity index is 1.54. The fraction of sp³-hybridized carbons (Fsp3) is 0.429. The van der Waals surface area contributed by atoms with Gasteiger partial charge in [-0.25, -0.2) is 9.97 Å². The highest BCUT2D eigenvalue weighted by Gasteiger charge is 2.22. The summed E-state index contributed by atoms with van der Waals surface area (Å²) in [7, 11) is 0. The second-order valence-electron chi connectivity index (χ2n) is 7.32. The van der Waals surface area contributed by atoms with Crippen molar-refractivity contribution in [1.82, 2.24) is 14.5 Å². The van der Waals surface area contributed by atoms with Crippen LogP contribution in [0.5, 0.6) is 0 Å². The zero-order valence-corrected chi connectivity index (χ0v) is 18.4. The van der Waals surface area contributed by atoms with Gasteiger partial charge in [0.1, 0.15) is 4.83 Å². The maximum absolute atomic E-state index is 13.0. The lowest BCUT2D eigenvalue weighted by atomic mass is 10.0. The lowest BCUT2D eigenvalue weighted by molar-refractivity contribution is -0.118. The Kier molecular flexibility index (Phi) is 5.65. The van der Waals surface area contributed by atoms with E-state index in [1.54, 1.807) is 33.2 Å². The first-order valence-corrected chi connectivity index (χ1v) is 11.5. The fourth-order valence-corrected chi connectivity index (χ4v) is 5.81. The average molecular weight is 429 g/mol. The first-order chi connectivity index (χ1) is 14.0. The third-order valence-corrected chi connectivity index (χ3v) is 7.70. The molecule has 1 amide bonds. The number of nitrogens with zero attached hydrogens (tertiary/aromatic N) is 4. The summed E-state index contributed by atoms with van der Waals surface area (Å²) in [5.74, 6) is -0.0544. The Morgan fingerprint density at radius 3 is 2.86 bits per heavy atom. The Bertz CT molecular complexity index is 1120. The van der Waals surface area contributed by atoms with Crippen molar-refractivity contribution in [3.05, 3.63) is 50.3 Å². The SMILES string of the molecule is C=CCN(C(=O)CCn1cnc2sc(C)c(C)c2c1=O)c1nc2c(s1)CCCC2. The van der Waals surface area contributed by atoms with Crippen molar-refractivity contribution in [3.8, 4) is 0 Å². The van der Waals surface area contributed by atoms with Crippen LogP contribution >= 0.6 is 22.7 Å². The standard InChI is InChI=1S/C21H24N4O2S2/c1-4-10-25(21-23-15-7-5-6-8-16(15)29-21)17(26)9-11-24-12-22-19-18(20(24)27)13(2)14(3)28-19/h4,12H,1,5-11H2,2-3H3. The summed E-state index contributed by atoms with van der Waals surface area (Å²) in [6.07, 6.45) is 7.86. The first kappa shape index (κ1) is 20.0. The normalized spacial score (nSPS) is 13.4. The van der Waals surface area contributed by atoms with Crippen LogP contribution in [0.1, 0.15) is 40.3 Å². The summed E-state index contributed by atoms with van der Waals surface area (Å²) in [5, 5.41) is 1.41. The van der Waals surface area contributed by atoms with E-state index in [0.717, 1.165) is 45.4 Å². The van der Waals surface area contributed by atoms with Crippen LogP contribution in [0.25, 0.3) is 10.2 Å². The molecule has 3 heterocycles. The minimum atomic E-state index is -0.0790. The van der Waals surface area contributed by atoms with Crippen molar-refractivity contribution in [1.29, 1.82) is 0 Å². The van der Waals surface area contributed by atoms with Gasteiger partial charge in [0.25, 0.3) is 5.56 Å². The molecule has 0 aliphatic heterocycles. The molecule has 0 saturated heterocycles. The van der Waals surface area contributed by atoms with E-state index in [-0.39, 0.29) is 17.9 Å². The van der Waals surface area contributed by atoms with Crippen LogP contribution in [0.15, 0.2) is 23.8 Å². The monoisotopic (exact) mass is 428 g/mol. The number of amides is 1. The first-order valence-electron chi connectivity index (χ1n) is 9.84. The Hall–Kier alpha value is -2.32. The van der Waals surface area contributed by atoms with Gasteiger partial charge in [0.2, 0.25) is 5.91 Å². The predicted octanol–water partition coefficient (Wildman–Crippen LogP) is 4.02. The van der Waals surface area contributed by atoms with Crippen LogP contribution in [0, 0.1) is 13.8 Å². The highest BCUT2D eigenvalue weighted by Crippen LogP contribution is 2.32. The van der Waals surface area contributed by atoms with Crippen molar-refractivity contribution in [3.63, 3.8) is 0 Å². The Morgan fingerprint density at radius 1 is 1.31 bits per heavy atom. The van der Waals surface area contributed by atoms with Crippen LogP contribution in [0.2, 0.25) is 0 Å². The third kappa shape index (κ3) is 3.79. The summed E-state index contributed by atoms with van der Waals surface area (Å²) in [6.45, 7) is 8.45. The zero-order valence-electron chi connectivity index (χ0n) is 16.7. The average Bonchev–Trinajstić information content (AvgIpc) is 3.26. The number of thiazole rings is 1. The molecule has 8 heteroatoms. The van der Waals surface area contributed by atoms with Crippen molar-refractivity contribution < 1.29 is 4.79 Å². The van der Waals surface area contributed by atoms with Gasteiger partial charge in [-0.2, -0.15) is 0 Å². The van der Waals surface area contributed by atoms with Crippen molar-refractivity contribution >= 4 is 43.9 Å². The van der Waals surface area contributed by atoms with E-state index in [4.69, 9.17) is 4.98 Å². The number of carbonyl (C=O) groups excluding carboxylic acids is 1. The summed E-state index contributed by atoms with van der Waals surface area (Å²) >= 11 is 3.14. The van der Waals surface area contributed by atoms with Gasteiger partial charge in [-0.15, -0.1) is 29.3 Å². The number of thiophene rings is 1. The van der Waals surface area contributed by atoms with Gasteiger partial charge in [0, 0.05) is 29.3 Å². The number of aryl methyl sites for hydroxylation is 5. The molecule has 6 nitrogen and oxygen atoms in total. The molecule has 29 heavy (non-hydrogen) atoms. The minimum Gasteiger partial charge on any atom is -0.298 e. The van der Waals surface area contributed by atoms with Crippen LogP contribution < -0.4 is 10.5 Å². The number of carbonyl (C=O) groups is 1. The number of fused-ring (bicyclic) bond motifs is 2. The summed E-state index contributed by atoms with van der Waals surface area (Å²) < 4.78 is 1.54. The lowest BCUT2D eigenvalue weighted by Gasteiger charge is -2.18. The molecular weight excluding hydrogens is 404 g/mol. The molecule has 1 aliphatic carbocycles. The highest BCUT2D eigenvalue weighted by molar-refractivity contribution is 7.18. The van der Waals surface area contributed by atoms with E-state index in [1.807, 2.05) is 13.8 Å². The highest BCUT2D eigenvalue weighted by atomic mass is 32.1. The Morgan fingerprint density at radius 2 is 2.10 bits per heavy atom. The van der Waals surface area contributed by atoms with Gasteiger partial charge in [0.15, 0.2) is 5.13 Å². The molecule has 3 aromatic rings. The molecule has 4 rings (SSSR count). The van der Waals surface area contributed by atoms with E-state index < -0.39 is 0 Å². The van der Waals surface area contributed by atoms with Gasteiger partial charge < -0.3 is 0 Å². The molecule has 0 fully saturated rings. The summed E-state index contributed by atoms with van der Waals surface area (Å²) in [6, 6.07) is 0. The van der Waals surface area contributed by atoms with Gasteiger partial charge in [0.05, 0.1) is 17.4 Å². The smallest absolute Gasteiger partial charge is 0.262 e. The van der Waals surface area contributed by atoms with Gasteiger partial charge in [-0.3, -0.25) is 19.1 Å². The van der Waals surface area contributed by atoms with E-state index in [0.29, 0.717) is 18.5 Å². The molecule has 0 aromatic carbocycles. The van der Waals surface area contributed by atoms with Crippen LogP contribution in [0.3, 0.4) is 0 Å². The van der Waals surface area contributed by atoms with Crippen molar-refractivity contribution in [2.45, 2.75) is 52.5 Å². The van der Waals surface area contributed by atoms with E-state index in [9.17, 15) is 9.59 Å². The quantitative estimate of drug-likeness (QED) is 0.556. The Labute approximate surface area is 177 Å². The second kappa shape index (κ2) is 8.20. The van der Waals surface area contributed by atoms with E-state index in [1.165, 1.54) is 22.6 Å². The molecule has 0 N–H and O–H groups in total. The molecule has 0 radical (unpaired) electrons.